The summed E-state index contributed by atoms with van der Waals surface area (Å²) in [5.41, 5.74) is 7.83. The van der Waals surface area contributed by atoms with E-state index in [4.69, 9.17) is 0 Å². The molecule has 7 nitrogen and oxygen atoms in total. The first-order valence-corrected chi connectivity index (χ1v) is 9.04. The first kappa shape index (κ1) is 18.2. The summed E-state index contributed by atoms with van der Waals surface area (Å²) >= 11 is 0. The van der Waals surface area contributed by atoms with Crippen LogP contribution in [0.25, 0.3) is 16.8 Å². The van der Waals surface area contributed by atoms with Gasteiger partial charge < -0.3 is 0 Å². The molecule has 1 aromatic heterocycles. The number of nitrogens with one attached hydrogen (secondary N) is 1. The summed E-state index contributed by atoms with van der Waals surface area (Å²) in [7, 11) is 0. The van der Waals surface area contributed by atoms with E-state index in [-0.39, 0.29) is 5.91 Å². The monoisotopic (exact) mass is 382 g/mol. The number of benzene rings is 3. The Morgan fingerprint density at radius 1 is 0.862 bits per heavy atom. The van der Waals surface area contributed by atoms with Crippen LogP contribution in [0.15, 0.2) is 90.3 Å². The molecule has 1 heterocycles. The number of tetrazole rings is 1. The lowest BCUT2D eigenvalue weighted by Gasteiger charge is -2.06. The molecule has 1 N–H and O–H groups in total. The summed E-state index contributed by atoms with van der Waals surface area (Å²) in [6.07, 6.45) is 1.49. The van der Waals surface area contributed by atoms with Crippen molar-refractivity contribution in [1.82, 2.24) is 25.6 Å². The summed E-state index contributed by atoms with van der Waals surface area (Å²) in [6, 6.07) is 25.2. The molecule has 0 spiro atoms. The second-order valence-electron chi connectivity index (χ2n) is 6.38. The van der Waals surface area contributed by atoms with Gasteiger partial charge in [0.05, 0.1) is 11.4 Å². The average molecular weight is 382 g/mol. The maximum absolute atomic E-state index is 12.4. The standard InChI is InChI=1S/C22H18N6O/c1-16(17-7-9-19(10-8-17)18-5-3-2-4-6-18)24-25-22(29)20-11-13-21(14-12-20)28-15-23-26-27-28/h2-15H,1H3,(H,25,29). The van der Waals surface area contributed by atoms with Crippen LogP contribution >= 0.6 is 0 Å². The molecule has 0 atom stereocenters. The van der Waals surface area contributed by atoms with Crippen LogP contribution in [0, 0.1) is 0 Å². The minimum atomic E-state index is -0.284. The van der Waals surface area contributed by atoms with E-state index in [1.807, 2.05) is 49.4 Å². The SMILES string of the molecule is CC(=NNC(=O)c1ccc(-n2cnnn2)cc1)c1ccc(-c2ccccc2)cc1. The second-order valence-corrected chi connectivity index (χ2v) is 6.38. The van der Waals surface area contributed by atoms with Crippen molar-refractivity contribution >= 4 is 11.6 Å². The zero-order valence-corrected chi connectivity index (χ0v) is 15.7. The summed E-state index contributed by atoms with van der Waals surface area (Å²) in [5, 5.41) is 15.2. The Bertz CT molecular complexity index is 1120. The van der Waals surface area contributed by atoms with Gasteiger partial charge in [-0.2, -0.15) is 5.10 Å². The molecular formula is C22H18N6O. The van der Waals surface area contributed by atoms with Crippen molar-refractivity contribution in [2.75, 3.05) is 0 Å². The van der Waals surface area contributed by atoms with Crippen LogP contribution in [0.1, 0.15) is 22.8 Å². The van der Waals surface area contributed by atoms with Crippen LogP contribution in [-0.4, -0.2) is 31.8 Å². The largest absolute Gasteiger partial charge is 0.271 e. The third-order valence-corrected chi connectivity index (χ3v) is 4.48. The number of hydrogen-bond donors (Lipinski definition) is 1. The molecule has 142 valence electrons. The zero-order chi connectivity index (χ0) is 20.1. The van der Waals surface area contributed by atoms with Gasteiger partial charge in [-0.15, -0.1) is 5.10 Å². The normalized spacial score (nSPS) is 11.3. The molecule has 0 radical (unpaired) electrons. The third kappa shape index (κ3) is 4.24. The molecule has 0 saturated carbocycles. The Hall–Kier alpha value is -4.13. The van der Waals surface area contributed by atoms with Gasteiger partial charge in [-0.25, -0.2) is 10.1 Å². The lowest BCUT2D eigenvalue weighted by Crippen LogP contribution is -2.19. The molecule has 4 aromatic rings. The molecular weight excluding hydrogens is 364 g/mol. The maximum atomic E-state index is 12.4. The van der Waals surface area contributed by atoms with Crippen molar-refractivity contribution < 1.29 is 4.79 Å². The summed E-state index contributed by atoms with van der Waals surface area (Å²) < 4.78 is 1.52. The first-order chi connectivity index (χ1) is 14.2. The number of aromatic nitrogens is 4. The van der Waals surface area contributed by atoms with Crippen molar-refractivity contribution in [3.8, 4) is 16.8 Å². The minimum absolute atomic E-state index is 0.284. The maximum Gasteiger partial charge on any atom is 0.271 e. The zero-order valence-electron chi connectivity index (χ0n) is 15.7. The van der Waals surface area contributed by atoms with E-state index in [1.165, 1.54) is 11.0 Å². The molecule has 29 heavy (non-hydrogen) atoms. The van der Waals surface area contributed by atoms with Gasteiger partial charge in [0, 0.05) is 5.56 Å². The lowest BCUT2D eigenvalue weighted by molar-refractivity contribution is 0.0955. The van der Waals surface area contributed by atoms with E-state index in [9.17, 15) is 4.79 Å². The van der Waals surface area contributed by atoms with Gasteiger partial charge in [-0.05, 0) is 58.3 Å². The molecule has 0 fully saturated rings. The van der Waals surface area contributed by atoms with Crippen molar-refractivity contribution in [2.24, 2.45) is 5.10 Å². The highest BCUT2D eigenvalue weighted by atomic mass is 16.2. The van der Waals surface area contributed by atoms with Crippen LogP contribution < -0.4 is 5.43 Å². The Balaban J connectivity index is 1.42. The van der Waals surface area contributed by atoms with Crippen molar-refractivity contribution in [1.29, 1.82) is 0 Å². The van der Waals surface area contributed by atoms with Crippen LogP contribution in [0.3, 0.4) is 0 Å². The van der Waals surface area contributed by atoms with Gasteiger partial charge in [0.25, 0.3) is 5.91 Å². The fraction of sp³-hybridized carbons (Fsp3) is 0.0455. The van der Waals surface area contributed by atoms with E-state index in [0.29, 0.717) is 5.56 Å². The van der Waals surface area contributed by atoms with Crippen molar-refractivity contribution in [3.05, 3.63) is 96.3 Å². The van der Waals surface area contributed by atoms with Crippen LogP contribution in [0.2, 0.25) is 0 Å². The fourth-order valence-corrected chi connectivity index (χ4v) is 2.84. The number of carbonyl (C=O) groups excluding carboxylic acids is 1. The number of rotatable bonds is 5. The van der Waals surface area contributed by atoms with Gasteiger partial charge in [0.1, 0.15) is 6.33 Å². The molecule has 0 aliphatic rings. The summed E-state index contributed by atoms with van der Waals surface area (Å²) in [6.45, 7) is 1.86. The molecule has 0 aliphatic heterocycles. The highest BCUT2D eigenvalue weighted by Gasteiger charge is 2.06. The Kier molecular flexibility index (Phi) is 5.20. The molecule has 0 aliphatic carbocycles. The Morgan fingerprint density at radius 2 is 1.52 bits per heavy atom. The molecule has 7 heteroatoms. The molecule has 3 aromatic carbocycles. The number of nitrogens with zero attached hydrogens (tertiary/aromatic N) is 5. The van der Waals surface area contributed by atoms with E-state index < -0.39 is 0 Å². The van der Waals surface area contributed by atoms with Gasteiger partial charge in [0.2, 0.25) is 0 Å². The number of hydrogen-bond acceptors (Lipinski definition) is 5. The highest BCUT2D eigenvalue weighted by molar-refractivity contribution is 6.01. The molecule has 0 saturated heterocycles. The van der Waals surface area contributed by atoms with Crippen LogP contribution in [-0.2, 0) is 0 Å². The second kappa shape index (κ2) is 8.26. The smallest absolute Gasteiger partial charge is 0.267 e. The quantitative estimate of drug-likeness (QED) is 0.423. The van der Waals surface area contributed by atoms with Crippen molar-refractivity contribution in [3.63, 3.8) is 0 Å². The average Bonchev–Trinajstić information content (AvgIpc) is 3.33. The van der Waals surface area contributed by atoms with Gasteiger partial charge >= 0.3 is 0 Å². The fourth-order valence-electron chi connectivity index (χ4n) is 2.84. The lowest BCUT2D eigenvalue weighted by atomic mass is 10.0. The van der Waals surface area contributed by atoms with Gasteiger partial charge in [-0.1, -0.05) is 54.6 Å². The molecule has 0 unspecified atom stereocenters. The third-order valence-electron chi connectivity index (χ3n) is 4.48. The van der Waals surface area contributed by atoms with E-state index in [0.717, 1.165) is 28.1 Å². The van der Waals surface area contributed by atoms with Gasteiger partial charge in [-0.3, -0.25) is 4.79 Å². The van der Waals surface area contributed by atoms with E-state index >= 15 is 0 Å². The summed E-state index contributed by atoms with van der Waals surface area (Å²) in [5.74, 6) is -0.284. The number of carbonyl (C=O) groups is 1. The number of amides is 1. The van der Waals surface area contributed by atoms with Crippen molar-refractivity contribution in [2.45, 2.75) is 6.92 Å². The molecule has 0 bridgehead atoms. The topological polar surface area (TPSA) is 85.1 Å². The Labute approximate surface area is 167 Å². The van der Waals surface area contributed by atoms with Crippen LogP contribution in [0.5, 0.6) is 0 Å². The number of hydrazone groups is 1. The minimum Gasteiger partial charge on any atom is -0.267 e. The van der Waals surface area contributed by atoms with E-state index in [1.54, 1.807) is 24.3 Å². The molecule has 1 amide bonds. The highest BCUT2D eigenvalue weighted by Crippen LogP contribution is 2.19. The first-order valence-electron chi connectivity index (χ1n) is 9.04. The Morgan fingerprint density at radius 3 is 2.17 bits per heavy atom. The summed E-state index contributed by atoms with van der Waals surface area (Å²) in [4.78, 5) is 12.4. The predicted molar refractivity (Wildman–Crippen MR) is 111 cm³/mol. The predicted octanol–water partition coefficient (Wildman–Crippen LogP) is 3.48. The van der Waals surface area contributed by atoms with Crippen LogP contribution in [0.4, 0.5) is 0 Å². The van der Waals surface area contributed by atoms with Gasteiger partial charge in [0.15, 0.2) is 0 Å². The molecule has 4 rings (SSSR count). The van der Waals surface area contributed by atoms with E-state index in [2.05, 4.69) is 38.2 Å².